The van der Waals surface area contributed by atoms with Crippen LogP contribution in [0.2, 0.25) is 0 Å². The van der Waals surface area contributed by atoms with Crippen molar-refractivity contribution in [1.82, 2.24) is 0 Å². The van der Waals surface area contributed by atoms with E-state index in [0.29, 0.717) is 0 Å². The Kier molecular flexibility index (Phi) is 6.08. The van der Waals surface area contributed by atoms with E-state index in [2.05, 4.69) is 6.58 Å². The Hall–Kier alpha value is -0.540. The summed E-state index contributed by atoms with van der Waals surface area (Å²) in [6.45, 7) is 6.47. The van der Waals surface area contributed by atoms with Gasteiger partial charge in [0, 0.05) is 5.41 Å². The molecule has 0 spiro atoms. The Balaban J connectivity index is 2.61. The lowest BCUT2D eigenvalue weighted by molar-refractivity contribution is -0.305. The van der Waals surface area contributed by atoms with Crippen LogP contribution in [0.15, 0.2) is 12.7 Å². The Labute approximate surface area is 118 Å². The molecule has 0 aromatic heterocycles. The normalized spacial score (nSPS) is 36.6. The average molecular weight is 292 g/mol. The minimum atomic E-state index is -1.49. The molecule has 0 aromatic carbocycles. The van der Waals surface area contributed by atoms with Crippen LogP contribution >= 0.6 is 0 Å². The molecule has 0 amide bonds. The van der Waals surface area contributed by atoms with Gasteiger partial charge in [-0.05, 0) is 0 Å². The predicted molar refractivity (Wildman–Crippen MR) is 69.7 cm³/mol. The van der Waals surface area contributed by atoms with Crippen LogP contribution in [0.3, 0.4) is 0 Å². The summed E-state index contributed by atoms with van der Waals surface area (Å²) in [5.41, 5.74) is -0.589. The van der Waals surface area contributed by atoms with Gasteiger partial charge >= 0.3 is 0 Å². The Morgan fingerprint density at radius 2 is 1.85 bits per heavy atom. The molecule has 20 heavy (non-hydrogen) atoms. The van der Waals surface area contributed by atoms with Gasteiger partial charge in [0.1, 0.15) is 24.4 Å². The zero-order valence-electron chi connectivity index (χ0n) is 11.7. The van der Waals surface area contributed by atoms with Gasteiger partial charge in [0.2, 0.25) is 0 Å². The molecule has 0 aliphatic carbocycles. The average Bonchev–Trinajstić information content (AvgIpc) is 2.43. The zero-order valence-corrected chi connectivity index (χ0v) is 11.7. The first-order valence-corrected chi connectivity index (χ1v) is 6.48. The molecule has 7 heteroatoms. The molecule has 1 aliphatic heterocycles. The second-order valence-electron chi connectivity index (χ2n) is 5.57. The molecule has 1 aliphatic rings. The molecular weight excluding hydrogens is 268 g/mol. The fourth-order valence-electron chi connectivity index (χ4n) is 1.74. The highest BCUT2D eigenvalue weighted by Gasteiger charge is 2.44. The third kappa shape index (κ3) is 3.76. The topological polar surface area (TPSA) is 120 Å². The van der Waals surface area contributed by atoms with E-state index < -0.39 is 48.8 Å². The second kappa shape index (κ2) is 6.95. The lowest BCUT2D eigenvalue weighted by Crippen LogP contribution is -2.59. The van der Waals surface area contributed by atoms with Crippen LogP contribution in [0.4, 0.5) is 0 Å². The second-order valence-corrected chi connectivity index (χ2v) is 5.57. The van der Waals surface area contributed by atoms with E-state index in [1.807, 2.05) is 0 Å². The molecule has 1 saturated heterocycles. The first kappa shape index (κ1) is 17.5. The molecule has 7 nitrogen and oxygen atoms in total. The van der Waals surface area contributed by atoms with E-state index in [-0.39, 0.29) is 6.61 Å². The summed E-state index contributed by atoms with van der Waals surface area (Å²) in [7, 11) is 0. The van der Waals surface area contributed by atoms with Crippen molar-refractivity contribution in [2.24, 2.45) is 5.41 Å². The summed E-state index contributed by atoms with van der Waals surface area (Å²) in [6.07, 6.45) is -5.95. The van der Waals surface area contributed by atoms with Crippen molar-refractivity contribution in [2.75, 3.05) is 13.2 Å². The molecule has 5 N–H and O–H groups in total. The smallest absolute Gasteiger partial charge is 0.186 e. The Morgan fingerprint density at radius 3 is 2.35 bits per heavy atom. The molecule has 1 heterocycles. The van der Waals surface area contributed by atoms with Gasteiger partial charge < -0.3 is 35.0 Å². The molecule has 1 fully saturated rings. The van der Waals surface area contributed by atoms with E-state index in [1.54, 1.807) is 19.9 Å². The van der Waals surface area contributed by atoms with Crippen LogP contribution in [0.1, 0.15) is 13.8 Å². The molecular formula is C13H24O7. The van der Waals surface area contributed by atoms with E-state index >= 15 is 0 Å². The number of ether oxygens (including phenoxy) is 2. The molecule has 1 unspecified atom stereocenters. The van der Waals surface area contributed by atoms with Gasteiger partial charge in [-0.1, -0.05) is 19.9 Å². The molecule has 118 valence electrons. The minimum absolute atomic E-state index is 0.151. The predicted octanol–water partition coefficient (Wildman–Crippen LogP) is -1.62. The number of hydrogen-bond donors (Lipinski definition) is 5. The fourth-order valence-corrected chi connectivity index (χ4v) is 1.74. The van der Waals surface area contributed by atoms with Gasteiger partial charge in [-0.15, -0.1) is 6.58 Å². The quantitative estimate of drug-likeness (QED) is 0.373. The van der Waals surface area contributed by atoms with Crippen molar-refractivity contribution in [3.63, 3.8) is 0 Å². The van der Waals surface area contributed by atoms with Crippen LogP contribution in [-0.2, 0) is 9.47 Å². The lowest BCUT2D eigenvalue weighted by Gasteiger charge is -2.40. The maximum absolute atomic E-state index is 9.94. The molecule has 6 atom stereocenters. The van der Waals surface area contributed by atoms with Gasteiger partial charge in [-0.25, -0.2) is 0 Å². The third-order valence-corrected chi connectivity index (χ3v) is 3.65. The third-order valence-electron chi connectivity index (χ3n) is 3.65. The number of rotatable bonds is 6. The van der Waals surface area contributed by atoms with Crippen LogP contribution in [0, 0.1) is 5.41 Å². The summed E-state index contributed by atoms with van der Waals surface area (Å²) in [5.74, 6) is 0. The van der Waals surface area contributed by atoms with Gasteiger partial charge in [0.25, 0.3) is 0 Å². The molecule has 0 bridgehead atoms. The number of hydrogen-bond acceptors (Lipinski definition) is 7. The first-order valence-electron chi connectivity index (χ1n) is 6.48. The van der Waals surface area contributed by atoms with Gasteiger partial charge in [-0.2, -0.15) is 0 Å². The van der Waals surface area contributed by atoms with Crippen molar-refractivity contribution in [3.8, 4) is 0 Å². The maximum Gasteiger partial charge on any atom is 0.186 e. The minimum Gasteiger partial charge on any atom is -0.394 e. The van der Waals surface area contributed by atoms with Crippen molar-refractivity contribution in [1.29, 1.82) is 0 Å². The van der Waals surface area contributed by atoms with E-state index in [1.165, 1.54) is 0 Å². The van der Waals surface area contributed by atoms with Crippen molar-refractivity contribution in [2.45, 2.75) is 50.7 Å². The Bertz CT molecular complexity index is 318. The van der Waals surface area contributed by atoms with Gasteiger partial charge in [0.15, 0.2) is 6.29 Å². The van der Waals surface area contributed by atoms with Gasteiger partial charge in [-0.3, -0.25) is 0 Å². The van der Waals surface area contributed by atoms with Crippen LogP contribution in [0.5, 0.6) is 0 Å². The first-order chi connectivity index (χ1) is 9.24. The summed E-state index contributed by atoms with van der Waals surface area (Å²) < 4.78 is 10.4. The van der Waals surface area contributed by atoms with Crippen LogP contribution in [0.25, 0.3) is 0 Å². The maximum atomic E-state index is 9.94. The highest BCUT2D eigenvalue weighted by atomic mass is 16.7. The van der Waals surface area contributed by atoms with Gasteiger partial charge in [0.05, 0.1) is 19.3 Å². The summed E-state index contributed by atoms with van der Waals surface area (Å²) in [5, 5.41) is 47.9. The largest absolute Gasteiger partial charge is 0.394 e. The number of aliphatic hydroxyl groups excluding tert-OH is 5. The lowest BCUT2D eigenvalue weighted by atomic mass is 9.87. The SMILES string of the molecule is C=CC(C)(C)C(O)CO[C@H]1O[C@H](CO)[C@H](O)[C@H](O)[C@H]1O. The molecule has 1 rings (SSSR count). The highest BCUT2D eigenvalue weighted by Crippen LogP contribution is 2.25. The van der Waals surface area contributed by atoms with Crippen LogP contribution < -0.4 is 0 Å². The molecule has 0 aromatic rings. The summed E-state index contributed by atoms with van der Waals surface area (Å²) in [4.78, 5) is 0. The van der Waals surface area contributed by atoms with Crippen LogP contribution in [-0.4, -0.2) is 75.6 Å². The van der Waals surface area contributed by atoms with E-state index in [0.717, 1.165) is 0 Å². The molecule has 0 radical (unpaired) electrons. The highest BCUT2D eigenvalue weighted by molar-refractivity contribution is 4.94. The van der Waals surface area contributed by atoms with Crippen molar-refractivity contribution >= 4 is 0 Å². The summed E-state index contributed by atoms with van der Waals surface area (Å²) in [6, 6.07) is 0. The number of aliphatic hydroxyl groups is 5. The summed E-state index contributed by atoms with van der Waals surface area (Å²) >= 11 is 0. The zero-order chi connectivity index (χ0) is 15.5. The van der Waals surface area contributed by atoms with Crippen molar-refractivity contribution in [3.05, 3.63) is 12.7 Å². The van der Waals surface area contributed by atoms with E-state index in [4.69, 9.17) is 14.6 Å². The van der Waals surface area contributed by atoms with Crippen molar-refractivity contribution < 1.29 is 35.0 Å². The Morgan fingerprint density at radius 1 is 1.25 bits per heavy atom. The van der Waals surface area contributed by atoms with E-state index in [9.17, 15) is 20.4 Å². The standard InChI is InChI=1S/C13H24O7/c1-4-13(2,3)8(15)6-19-12-11(18)10(17)9(16)7(5-14)20-12/h4,7-12,14-18H,1,5-6H2,2-3H3/t7-,8?,9+,10+,11-,12+/m1/s1. The monoisotopic (exact) mass is 292 g/mol. The fraction of sp³-hybridized carbons (Fsp3) is 0.846. The molecule has 0 saturated carbocycles.